The molecule has 2 aromatic rings. The van der Waals surface area contributed by atoms with E-state index in [-0.39, 0.29) is 6.10 Å². The predicted octanol–water partition coefficient (Wildman–Crippen LogP) is 3.76. The van der Waals surface area contributed by atoms with Gasteiger partial charge in [0.05, 0.1) is 19.8 Å². The topological polar surface area (TPSA) is 38.7 Å². The minimum atomic E-state index is -0.564. The summed E-state index contributed by atoms with van der Waals surface area (Å²) in [6.07, 6.45) is 2.19. The van der Waals surface area contributed by atoms with Crippen LogP contribution in [0.3, 0.4) is 0 Å². The van der Waals surface area contributed by atoms with Crippen molar-refractivity contribution in [1.82, 2.24) is 0 Å². The molecule has 0 aliphatic rings. The molecule has 0 spiro atoms. The van der Waals surface area contributed by atoms with Crippen LogP contribution in [0.5, 0.6) is 5.75 Å². The summed E-state index contributed by atoms with van der Waals surface area (Å²) in [5.74, 6) is 0.817. The molecule has 2 aromatic carbocycles. The average molecular weight is 312 g/mol. The Morgan fingerprint density at radius 1 is 1.04 bits per heavy atom. The second kappa shape index (κ2) is 9.13. The summed E-state index contributed by atoms with van der Waals surface area (Å²) < 4.78 is 10.9. The zero-order valence-corrected chi connectivity index (χ0v) is 13.5. The zero-order valence-electron chi connectivity index (χ0n) is 13.5. The molecule has 0 radical (unpaired) electrons. The Labute approximate surface area is 138 Å². The molecule has 0 unspecified atom stereocenters. The highest BCUT2D eigenvalue weighted by molar-refractivity contribution is 5.26. The first-order valence-electron chi connectivity index (χ1n) is 7.82. The van der Waals surface area contributed by atoms with E-state index in [4.69, 9.17) is 9.47 Å². The summed E-state index contributed by atoms with van der Waals surface area (Å²) in [6.45, 7) is 4.21. The minimum absolute atomic E-state index is 0.374. The lowest BCUT2D eigenvalue weighted by atomic mass is 10.0. The molecular formula is C20H24O3. The molecule has 2 atom stereocenters. The van der Waals surface area contributed by atoms with Crippen LogP contribution in [0.2, 0.25) is 0 Å². The number of aliphatic hydroxyl groups excluding tert-OH is 1. The summed E-state index contributed by atoms with van der Waals surface area (Å²) in [5.41, 5.74) is 2.25. The molecule has 0 amide bonds. The smallest absolute Gasteiger partial charge is 0.118 e. The quantitative estimate of drug-likeness (QED) is 0.717. The van der Waals surface area contributed by atoms with Gasteiger partial charge in [0.1, 0.15) is 11.9 Å². The second-order valence-corrected chi connectivity index (χ2v) is 5.45. The van der Waals surface area contributed by atoms with Crippen molar-refractivity contribution in [3.63, 3.8) is 0 Å². The van der Waals surface area contributed by atoms with Gasteiger partial charge in [0.2, 0.25) is 0 Å². The van der Waals surface area contributed by atoms with Gasteiger partial charge in [0.25, 0.3) is 0 Å². The van der Waals surface area contributed by atoms with Crippen molar-refractivity contribution in [3.8, 4) is 5.75 Å². The van der Waals surface area contributed by atoms with Crippen LogP contribution in [-0.4, -0.2) is 24.4 Å². The van der Waals surface area contributed by atoms with Crippen LogP contribution in [0.25, 0.3) is 0 Å². The van der Waals surface area contributed by atoms with Crippen molar-refractivity contribution in [3.05, 3.63) is 78.4 Å². The van der Waals surface area contributed by atoms with Crippen LogP contribution in [0, 0.1) is 0 Å². The van der Waals surface area contributed by atoms with E-state index in [1.54, 1.807) is 13.2 Å². The number of rotatable bonds is 9. The van der Waals surface area contributed by atoms with Crippen LogP contribution < -0.4 is 4.74 Å². The Morgan fingerprint density at radius 2 is 1.74 bits per heavy atom. The third-order valence-electron chi connectivity index (χ3n) is 3.78. The van der Waals surface area contributed by atoms with E-state index in [1.807, 2.05) is 42.5 Å². The Bertz CT molecular complexity index is 578. The van der Waals surface area contributed by atoms with Crippen molar-refractivity contribution in [2.75, 3.05) is 7.11 Å². The van der Waals surface area contributed by atoms with Crippen LogP contribution >= 0.6 is 0 Å². The third-order valence-corrected chi connectivity index (χ3v) is 3.78. The number of ether oxygens (including phenoxy) is 2. The van der Waals surface area contributed by atoms with Crippen molar-refractivity contribution in [2.45, 2.75) is 31.7 Å². The van der Waals surface area contributed by atoms with E-state index in [2.05, 4.69) is 18.7 Å². The fraction of sp³-hybridized carbons (Fsp3) is 0.300. The van der Waals surface area contributed by atoms with Crippen LogP contribution in [0.15, 0.2) is 67.3 Å². The van der Waals surface area contributed by atoms with E-state index < -0.39 is 6.10 Å². The molecule has 23 heavy (non-hydrogen) atoms. The molecular weight excluding hydrogens is 288 g/mol. The number of aryl methyl sites for hydroxylation is 1. The molecule has 0 aliphatic heterocycles. The van der Waals surface area contributed by atoms with Crippen LogP contribution in [0.1, 0.15) is 17.5 Å². The summed E-state index contributed by atoms with van der Waals surface area (Å²) >= 11 is 0. The molecule has 0 heterocycles. The molecule has 3 heteroatoms. The maximum absolute atomic E-state index is 10.3. The number of aliphatic hydroxyl groups is 1. The summed E-state index contributed by atoms with van der Waals surface area (Å²) in [4.78, 5) is 0. The first-order chi connectivity index (χ1) is 11.2. The molecule has 122 valence electrons. The predicted molar refractivity (Wildman–Crippen MR) is 92.5 cm³/mol. The standard InChI is InChI=1S/C20H24O3/c1-3-20(19(21)14-11-16-7-5-4-6-8-16)23-15-17-9-12-18(22-2)13-10-17/h3-10,12-13,19-21H,1,11,14-15H2,2H3/t19-,20-/m1/s1. The lowest BCUT2D eigenvalue weighted by Crippen LogP contribution is -2.27. The van der Waals surface area contributed by atoms with E-state index in [9.17, 15) is 5.11 Å². The highest BCUT2D eigenvalue weighted by atomic mass is 16.5. The maximum atomic E-state index is 10.3. The van der Waals surface area contributed by atoms with Crippen LogP contribution in [-0.2, 0) is 17.8 Å². The number of hydrogen-bond acceptors (Lipinski definition) is 3. The van der Waals surface area contributed by atoms with Crippen molar-refractivity contribution in [1.29, 1.82) is 0 Å². The summed E-state index contributed by atoms with van der Waals surface area (Å²) in [6, 6.07) is 17.8. The van der Waals surface area contributed by atoms with E-state index >= 15 is 0 Å². The Balaban J connectivity index is 1.82. The fourth-order valence-electron chi connectivity index (χ4n) is 2.37. The molecule has 0 aliphatic carbocycles. The largest absolute Gasteiger partial charge is 0.497 e. The van der Waals surface area contributed by atoms with Gasteiger partial charge in [-0.15, -0.1) is 6.58 Å². The molecule has 3 nitrogen and oxygen atoms in total. The second-order valence-electron chi connectivity index (χ2n) is 5.45. The molecule has 0 fully saturated rings. The number of benzene rings is 2. The first kappa shape index (κ1) is 17.3. The monoisotopic (exact) mass is 312 g/mol. The van der Waals surface area contributed by atoms with E-state index in [0.717, 1.165) is 17.7 Å². The van der Waals surface area contributed by atoms with Crippen LogP contribution in [0.4, 0.5) is 0 Å². The van der Waals surface area contributed by atoms with Crippen molar-refractivity contribution >= 4 is 0 Å². The van der Waals surface area contributed by atoms with Gasteiger partial charge in [-0.25, -0.2) is 0 Å². The lowest BCUT2D eigenvalue weighted by molar-refractivity contribution is -0.0212. The fourth-order valence-corrected chi connectivity index (χ4v) is 2.37. The van der Waals surface area contributed by atoms with E-state index in [0.29, 0.717) is 13.0 Å². The highest BCUT2D eigenvalue weighted by Gasteiger charge is 2.16. The maximum Gasteiger partial charge on any atom is 0.118 e. The molecule has 1 N–H and O–H groups in total. The normalized spacial score (nSPS) is 13.3. The Hall–Kier alpha value is -2.10. The molecule has 0 bridgehead atoms. The Morgan fingerprint density at radius 3 is 2.35 bits per heavy atom. The molecule has 0 aromatic heterocycles. The average Bonchev–Trinajstić information content (AvgIpc) is 2.62. The van der Waals surface area contributed by atoms with Crippen molar-refractivity contribution < 1.29 is 14.6 Å². The molecule has 0 saturated carbocycles. The number of methoxy groups -OCH3 is 1. The third kappa shape index (κ3) is 5.55. The SMILES string of the molecule is C=C[C@@H](OCc1ccc(OC)cc1)[C@H](O)CCc1ccccc1. The molecule has 2 rings (SSSR count). The lowest BCUT2D eigenvalue weighted by Gasteiger charge is -2.20. The highest BCUT2D eigenvalue weighted by Crippen LogP contribution is 2.15. The van der Waals surface area contributed by atoms with Gasteiger partial charge in [-0.2, -0.15) is 0 Å². The Kier molecular flexibility index (Phi) is 6.85. The van der Waals surface area contributed by atoms with Gasteiger partial charge in [0, 0.05) is 0 Å². The zero-order chi connectivity index (χ0) is 16.5. The van der Waals surface area contributed by atoms with Gasteiger partial charge < -0.3 is 14.6 Å². The summed E-state index contributed by atoms with van der Waals surface area (Å²) in [5, 5.41) is 10.3. The minimum Gasteiger partial charge on any atom is -0.497 e. The van der Waals surface area contributed by atoms with Gasteiger partial charge in [-0.1, -0.05) is 48.5 Å². The number of hydrogen-bond donors (Lipinski definition) is 1. The van der Waals surface area contributed by atoms with Gasteiger partial charge in [0.15, 0.2) is 0 Å². The summed E-state index contributed by atoms with van der Waals surface area (Å²) in [7, 11) is 1.64. The first-order valence-corrected chi connectivity index (χ1v) is 7.82. The van der Waals surface area contributed by atoms with Crippen molar-refractivity contribution in [2.24, 2.45) is 0 Å². The van der Waals surface area contributed by atoms with Gasteiger partial charge in [-0.3, -0.25) is 0 Å². The van der Waals surface area contributed by atoms with Gasteiger partial charge >= 0.3 is 0 Å². The van der Waals surface area contributed by atoms with E-state index in [1.165, 1.54) is 5.56 Å². The van der Waals surface area contributed by atoms with Gasteiger partial charge in [-0.05, 0) is 36.1 Å². The molecule has 0 saturated heterocycles.